The molecule has 1 N–H and O–H groups in total. The van der Waals surface area contributed by atoms with Crippen molar-refractivity contribution < 1.29 is 19.4 Å². The lowest BCUT2D eigenvalue weighted by atomic mass is 9.83. The number of carbonyl (C=O) groups excluding carboxylic acids is 1. The Morgan fingerprint density at radius 2 is 1.88 bits per heavy atom. The standard InChI is InChI=1S/C12H21NO4/c1-3-13(9-10(14)15)11(16)12(17-2)7-5-4-6-8-12/h3-9H2,1-2H3,(H,14,15). The molecule has 5 heteroatoms. The lowest BCUT2D eigenvalue weighted by molar-refractivity contribution is -0.162. The number of carbonyl (C=O) groups is 2. The van der Waals surface area contributed by atoms with E-state index in [1.807, 2.05) is 0 Å². The summed E-state index contributed by atoms with van der Waals surface area (Å²) in [6.45, 7) is 1.93. The van der Waals surface area contributed by atoms with Crippen molar-refractivity contribution >= 4 is 11.9 Å². The summed E-state index contributed by atoms with van der Waals surface area (Å²) in [6.07, 6.45) is 4.43. The molecule has 0 aromatic rings. The number of aliphatic carboxylic acids is 1. The number of likely N-dealkylation sites (N-methyl/N-ethyl adjacent to an activating group) is 1. The number of carboxylic acid groups (broad SMARTS) is 1. The molecule has 0 aliphatic heterocycles. The van der Waals surface area contributed by atoms with Crippen molar-refractivity contribution in [1.82, 2.24) is 4.90 Å². The minimum Gasteiger partial charge on any atom is -0.480 e. The Morgan fingerprint density at radius 1 is 1.29 bits per heavy atom. The van der Waals surface area contributed by atoms with Gasteiger partial charge in [0.05, 0.1) is 0 Å². The van der Waals surface area contributed by atoms with Crippen molar-refractivity contribution in [2.75, 3.05) is 20.2 Å². The molecule has 0 atom stereocenters. The van der Waals surface area contributed by atoms with Crippen LogP contribution in [0, 0.1) is 0 Å². The van der Waals surface area contributed by atoms with Gasteiger partial charge in [0.15, 0.2) is 0 Å². The highest BCUT2D eigenvalue weighted by Gasteiger charge is 2.42. The van der Waals surface area contributed by atoms with Crippen LogP contribution in [0.2, 0.25) is 0 Å². The molecule has 0 unspecified atom stereocenters. The second kappa shape index (κ2) is 6.00. The Balaban J connectivity index is 2.78. The van der Waals surface area contributed by atoms with E-state index in [9.17, 15) is 9.59 Å². The van der Waals surface area contributed by atoms with Gasteiger partial charge in [0.1, 0.15) is 12.1 Å². The van der Waals surface area contributed by atoms with Gasteiger partial charge >= 0.3 is 5.97 Å². The molecule has 1 amide bonds. The van der Waals surface area contributed by atoms with Gasteiger partial charge < -0.3 is 14.7 Å². The number of hydrogen-bond acceptors (Lipinski definition) is 3. The first-order valence-corrected chi connectivity index (χ1v) is 6.12. The molecule has 1 fully saturated rings. The highest BCUT2D eigenvalue weighted by molar-refractivity contribution is 5.88. The molecule has 0 aromatic carbocycles. The van der Waals surface area contributed by atoms with Crippen LogP contribution in [-0.4, -0.2) is 47.7 Å². The van der Waals surface area contributed by atoms with Crippen LogP contribution in [0.3, 0.4) is 0 Å². The van der Waals surface area contributed by atoms with Crippen molar-refractivity contribution in [3.05, 3.63) is 0 Å². The quantitative estimate of drug-likeness (QED) is 0.789. The molecule has 1 aliphatic rings. The third-order valence-corrected chi connectivity index (χ3v) is 3.44. The molecule has 1 aliphatic carbocycles. The Labute approximate surface area is 102 Å². The molecule has 17 heavy (non-hydrogen) atoms. The van der Waals surface area contributed by atoms with Crippen LogP contribution in [0.5, 0.6) is 0 Å². The predicted molar refractivity (Wildman–Crippen MR) is 62.7 cm³/mol. The van der Waals surface area contributed by atoms with E-state index < -0.39 is 11.6 Å². The highest BCUT2D eigenvalue weighted by atomic mass is 16.5. The van der Waals surface area contributed by atoms with E-state index in [0.29, 0.717) is 19.4 Å². The van der Waals surface area contributed by atoms with Crippen LogP contribution in [-0.2, 0) is 14.3 Å². The number of hydrogen-bond donors (Lipinski definition) is 1. The van der Waals surface area contributed by atoms with E-state index in [1.165, 1.54) is 12.0 Å². The number of amides is 1. The Morgan fingerprint density at radius 3 is 2.29 bits per heavy atom. The first kappa shape index (κ1) is 14.0. The summed E-state index contributed by atoms with van der Waals surface area (Å²) in [5.74, 6) is -1.16. The number of nitrogens with zero attached hydrogens (tertiary/aromatic N) is 1. The number of methoxy groups -OCH3 is 1. The first-order chi connectivity index (χ1) is 8.05. The summed E-state index contributed by atoms with van der Waals surface area (Å²) >= 11 is 0. The van der Waals surface area contributed by atoms with Crippen molar-refractivity contribution in [3.63, 3.8) is 0 Å². The van der Waals surface area contributed by atoms with Gasteiger partial charge in [-0.3, -0.25) is 9.59 Å². The van der Waals surface area contributed by atoms with Crippen LogP contribution >= 0.6 is 0 Å². The van der Waals surface area contributed by atoms with Crippen LogP contribution in [0.1, 0.15) is 39.0 Å². The Hall–Kier alpha value is -1.10. The molecule has 98 valence electrons. The normalized spacial score (nSPS) is 18.7. The summed E-state index contributed by atoms with van der Waals surface area (Å²) in [7, 11) is 1.54. The molecule has 5 nitrogen and oxygen atoms in total. The van der Waals surface area contributed by atoms with E-state index in [-0.39, 0.29) is 12.5 Å². The summed E-state index contributed by atoms with van der Waals surface area (Å²) in [5, 5.41) is 8.78. The molecule has 0 saturated heterocycles. The zero-order valence-corrected chi connectivity index (χ0v) is 10.6. The van der Waals surface area contributed by atoms with Crippen LogP contribution in [0.4, 0.5) is 0 Å². The smallest absolute Gasteiger partial charge is 0.323 e. The minimum absolute atomic E-state index is 0.176. The summed E-state index contributed by atoms with van der Waals surface area (Å²) in [6, 6.07) is 0. The lowest BCUT2D eigenvalue weighted by Gasteiger charge is -2.37. The zero-order chi connectivity index (χ0) is 12.9. The third kappa shape index (κ3) is 3.19. The van der Waals surface area contributed by atoms with Gasteiger partial charge in [-0.05, 0) is 19.8 Å². The maximum Gasteiger partial charge on any atom is 0.323 e. The van der Waals surface area contributed by atoms with Crippen LogP contribution in [0.25, 0.3) is 0 Å². The van der Waals surface area contributed by atoms with Gasteiger partial charge in [-0.1, -0.05) is 19.3 Å². The van der Waals surface area contributed by atoms with Crippen molar-refractivity contribution in [2.24, 2.45) is 0 Å². The second-order valence-electron chi connectivity index (χ2n) is 4.47. The third-order valence-electron chi connectivity index (χ3n) is 3.44. The molecular weight excluding hydrogens is 222 g/mol. The molecule has 0 bridgehead atoms. The monoisotopic (exact) mass is 243 g/mol. The SMILES string of the molecule is CCN(CC(=O)O)C(=O)C1(OC)CCCCC1. The Kier molecular flexibility index (Phi) is 4.93. The van der Waals surface area contributed by atoms with Gasteiger partial charge in [0.25, 0.3) is 5.91 Å². The minimum atomic E-state index is -0.984. The van der Waals surface area contributed by atoms with Gasteiger partial charge in [-0.15, -0.1) is 0 Å². The number of rotatable bonds is 5. The number of ether oxygens (including phenoxy) is 1. The maximum absolute atomic E-state index is 12.4. The molecule has 1 saturated carbocycles. The van der Waals surface area contributed by atoms with E-state index in [4.69, 9.17) is 9.84 Å². The van der Waals surface area contributed by atoms with E-state index in [1.54, 1.807) is 6.92 Å². The average molecular weight is 243 g/mol. The zero-order valence-electron chi connectivity index (χ0n) is 10.6. The van der Waals surface area contributed by atoms with Crippen molar-refractivity contribution in [1.29, 1.82) is 0 Å². The fourth-order valence-electron chi connectivity index (χ4n) is 2.41. The molecule has 0 heterocycles. The van der Waals surface area contributed by atoms with E-state index in [0.717, 1.165) is 19.3 Å². The average Bonchev–Trinajstić information content (AvgIpc) is 2.35. The Bertz CT molecular complexity index is 284. The van der Waals surface area contributed by atoms with E-state index >= 15 is 0 Å². The molecular formula is C12H21NO4. The molecule has 0 aromatic heterocycles. The van der Waals surface area contributed by atoms with Crippen molar-refractivity contribution in [3.8, 4) is 0 Å². The van der Waals surface area contributed by atoms with Gasteiger partial charge in [0.2, 0.25) is 0 Å². The number of carboxylic acids is 1. The van der Waals surface area contributed by atoms with Crippen LogP contribution < -0.4 is 0 Å². The van der Waals surface area contributed by atoms with Gasteiger partial charge in [0, 0.05) is 13.7 Å². The summed E-state index contributed by atoms with van der Waals surface area (Å²) < 4.78 is 5.42. The summed E-state index contributed by atoms with van der Waals surface area (Å²) in [5.41, 5.74) is -0.788. The fraction of sp³-hybridized carbons (Fsp3) is 0.833. The largest absolute Gasteiger partial charge is 0.480 e. The first-order valence-electron chi connectivity index (χ1n) is 6.12. The molecule has 1 rings (SSSR count). The highest BCUT2D eigenvalue weighted by Crippen LogP contribution is 2.32. The van der Waals surface area contributed by atoms with Gasteiger partial charge in [-0.2, -0.15) is 0 Å². The molecule has 0 radical (unpaired) electrons. The second-order valence-corrected chi connectivity index (χ2v) is 4.47. The van der Waals surface area contributed by atoms with Gasteiger partial charge in [-0.25, -0.2) is 0 Å². The molecule has 0 spiro atoms. The predicted octanol–water partition coefficient (Wildman–Crippen LogP) is 1.27. The van der Waals surface area contributed by atoms with Crippen LogP contribution in [0.15, 0.2) is 0 Å². The van der Waals surface area contributed by atoms with E-state index in [2.05, 4.69) is 0 Å². The van der Waals surface area contributed by atoms with Crippen molar-refractivity contribution in [2.45, 2.75) is 44.6 Å². The fourth-order valence-corrected chi connectivity index (χ4v) is 2.41. The lowest BCUT2D eigenvalue weighted by Crippen LogP contribution is -2.52. The summed E-state index contributed by atoms with van der Waals surface area (Å²) in [4.78, 5) is 24.4. The topological polar surface area (TPSA) is 66.8 Å². The maximum atomic E-state index is 12.4.